The van der Waals surface area contributed by atoms with Crippen LogP contribution in [0.3, 0.4) is 0 Å². The monoisotopic (exact) mass is 243 g/mol. The average molecular weight is 243 g/mol. The number of pyridine rings is 1. The molecule has 0 saturated heterocycles. The van der Waals surface area contributed by atoms with E-state index in [-0.39, 0.29) is 5.97 Å². The Morgan fingerprint density at radius 3 is 3.06 bits per heavy atom. The summed E-state index contributed by atoms with van der Waals surface area (Å²) in [5.74, 6) is 0.329. The third-order valence-electron chi connectivity index (χ3n) is 2.17. The molecule has 0 radical (unpaired) electrons. The zero-order valence-electron chi connectivity index (χ0n) is 9.98. The summed E-state index contributed by atoms with van der Waals surface area (Å²) in [6.07, 6.45) is 6.47. The Balaban J connectivity index is 2.15. The second-order valence-electron chi connectivity index (χ2n) is 3.46. The Labute approximate surface area is 105 Å². The number of nitrogens with zero attached hydrogens (tertiary/aromatic N) is 3. The van der Waals surface area contributed by atoms with Gasteiger partial charge >= 0.3 is 5.97 Å². The Morgan fingerprint density at radius 1 is 1.44 bits per heavy atom. The van der Waals surface area contributed by atoms with Gasteiger partial charge in [-0.25, -0.2) is 14.5 Å². The van der Waals surface area contributed by atoms with Crippen LogP contribution in [0.15, 0.2) is 42.7 Å². The van der Waals surface area contributed by atoms with Crippen molar-refractivity contribution in [3.8, 4) is 5.82 Å². The molecule has 0 atom stereocenters. The number of hydrogen-bond acceptors (Lipinski definition) is 4. The van der Waals surface area contributed by atoms with Crippen molar-refractivity contribution in [2.45, 2.75) is 6.92 Å². The summed E-state index contributed by atoms with van der Waals surface area (Å²) < 4.78 is 6.45. The molecule has 2 aromatic rings. The van der Waals surface area contributed by atoms with E-state index in [0.717, 1.165) is 0 Å². The molecule has 2 aromatic heterocycles. The van der Waals surface area contributed by atoms with Gasteiger partial charge in [0.25, 0.3) is 0 Å². The fourth-order valence-corrected chi connectivity index (χ4v) is 1.41. The summed E-state index contributed by atoms with van der Waals surface area (Å²) in [5.41, 5.74) is 0.677. The SMILES string of the molecule is CCOC(=O)/C=C/c1cccc(-n2cccn2)n1. The van der Waals surface area contributed by atoms with Gasteiger partial charge in [0.2, 0.25) is 0 Å². The van der Waals surface area contributed by atoms with Crippen LogP contribution in [0, 0.1) is 0 Å². The van der Waals surface area contributed by atoms with E-state index in [4.69, 9.17) is 4.74 Å². The van der Waals surface area contributed by atoms with E-state index >= 15 is 0 Å². The van der Waals surface area contributed by atoms with Crippen LogP contribution in [0.1, 0.15) is 12.6 Å². The van der Waals surface area contributed by atoms with Crippen molar-refractivity contribution in [1.29, 1.82) is 0 Å². The molecule has 0 aliphatic heterocycles. The maximum atomic E-state index is 11.2. The van der Waals surface area contributed by atoms with Gasteiger partial charge in [0, 0.05) is 18.5 Å². The summed E-state index contributed by atoms with van der Waals surface area (Å²) in [6, 6.07) is 7.33. The second kappa shape index (κ2) is 5.77. The molecule has 0 fully saturated rings. The number of rotatable bonds is 4. The van der Waals surface area contributed by atoms with Crippen LogP contribution in [0.2, 0.25) is 0 Å². The molecule has 0 amide bonds. The Hall–Kier alpha value is -2.43. The van der Waals surface area contributed by atoms with Gasteiger partial charge in [-0.2, -0.15) is 5.10 Å². The molecule has 0 aliphatic carbocycles. The van der Waals surface area contributed by atoms with Gasteiger partial charge in [-0.1, -0.05) is 6.07 Å². The quantitative estimate of drug-likeness (QED) is 0.607. The number of carbonyl (C=O) groups is 1. The minimum Gasteiger partial charge on any atom is -0.463 e. The molecule has 0 spiro atoms. The number of hydrogen-bond donors (Lipinski definition) is 0. The predicted octanol–water partition coefficient (Wildman–Crippen LogP) is 1.84. The van der Waals surface area contributed by atoms with Crippen LogP contribution in [-0.4, -0.2) is 27.3 Å². The maximum absolute atomic E-state index is 11.2. The van der Waals surface area contributed by atoms with Gasteiger partial charge in [0.1, 0.15) is 0 Å². The van der Waals surface area contributed by atoms with Gasteiger partial charge in [-0.3, -0.25) is 0 Å². The van der Waals surface area contributed by atoms with E-state index in [0.29, 0.717) is 18.1 Å². The lowest BCUT2D eigenvalue weighted by atomic mass is 10.3. The van der Waals surface area contributed by atoms with E-state index in [1.54, 1.807) is 30.1 Å². The molecule has 5 heteroatoms. The molecule has 0 saturated carbocycles. The van der Waals surface area contributed by atoms with Gasteiger partial charge < -0.3 is 4.74 Å². The average Bonchev–Trinajstić information content (AvgIpc) is 2.91. The first-order valence-electron chi connectivity index (χ1n) is 5.61. The van der Waals surface area contributed by atoms with Crippen molar-refractivity contribution in [3.63, 3.8) is 0 Å². The second-order valence-corrected chi connectivity index (χ2v) is 3.46. The van der Waals surface area contributed by atoms with Crippen molar-refractivity contribution in [2.24, 2.45) is 0 Å². The third kappa shape index (κ3) is 3.04. The van der Waals surface area contributed by atoms with Gasteiger partial charge in [0.05, 0.1) is 12.3 Å². The summed E-state index contributed by atoms with van der Waals surface area (Å²) in [7, 11) is 0. The number of ether oxygens (including phenoxy) is 1. The highest BCUT2D eigenvalue weighted by Crippen LogP contribution is 2.05. The summed E-state index contributed by atoms with van der Waals surface area (Å²) in [4.78, 5) is 15.5. The lowest BCUT2D eigenvalue weighted by Crippen LogP contribution is -2.00. The van der Waals surface area contributed by atoms with Crippen molar-refractivity contribution in [2.75, 3.05) is 6.61 Å². The zero-order chi connectivity index (χ0) is 12.8. The lowest BCUT2D eigenvalue weighted by Gasteiger charge is -2.01. The molecule has 92 valence electrons. The number of esters is 1. The molecule has 0 N–H and O–H groups in total. The highest BCUT2D eigenvalue weighted by Gasteiger charge is 1.99. The largest absolute Gasteiger partial charge is 0.463 e. The first-order valence-corrected chi connectivity index (χ1v) is 5.61. The summed E-state index contributed by atoms with van der Waals surface area (Å²) >= 11 is 0. The molecule has 2 rings (SSSR count). The van der Waals surface area contributed by atoms with E-state index in [1.165, 1.54) is 6.08 Å². The standard InChI is InChI=1S/C13H13N3O2/c1-2-18-13(17)8-7-11-5-3-6-12(15-11)16-10-4-9-14-16/h3-10H,2H2,1H3/b8-7+. The fourth-order valence-electron chi connectivity index (χ4n) is 1.41. The Morgan fingerprint density at radius 2 is 2.33 bits per heavy atom. The molecular formula is C13H13N3O2. The van der Waals surface area contributed by atoms with Crippen molar-refractivity contribution in [1.82, 2.24) is 14.8 Å². The maximum Gasteiger partial charge on any atom is 0.330 e. The number of carbonyl (C=O) groups excluding carboxylic acids is 1. The first-order chi connectivity index (χ1) is 8.79. The highest BCUT2D eigenvalue weighted by atomic mass is 16.5. The van der Waals surface area contributed by atoms with Crippen LogP contribution in [0.4, 0.5) is 0 Å². The van der Waals surface area contributed by atoms with Crippen LogP contribution >= 0.6 is 0 Å². The highest BCUT2D eigenvalue weighted by molar-refractivity contribution is 5.86. The third-order valence-corrected chi connectivity index (χ3v) is 2.17. The topological polar surface area (TPSA) is 57.0 Å². The number of aromatic nitrogens is 3. The van der Waals surface area contributed by atoms with Crippen molar-refractivity contribution >= 4 is 12.0 Å². The lowest BCUT2D eigenvalue weighted by molar-refractivity contribution is -0.137. The van der Waals surface area contributed by atoms with E-state index < -0.39 is 0 Å². The van der Waals surface area contributed by atoms with Crippen LogP contribution in [-0.2, 0) is 9.53 Å². The summed E-state index contributed by atoms with van der Waals surface area (Å²) in [6.45, 7) is 2.13. The predicted molar refractivity (Wildman–Crippen MR) is 67.0 cm³/mol. The molecule has 2 heterocycles. The molecule has 18 heavy (non-hydrogen) atoms. The van der Waals surface area contributed by atoms with Crippen LogP contribution in [0.25, 0.3) is 11.9 Å². The smallest absolute Gasteiger partial charge is 0.330 e. The minimum absolute atomic E-state index is 0.365. The van der Waals surface area contributed by atoms with Gasteiger partial charge in [-0.05, 0) is 31.2 Å². The van der Waals surface area contributed by atoms with Crippen LogP contribution < -0.4 is 0 Å². The van der Waals surface area contributed by atoms with Crippen LogP contribution in [0.5, 0.6) is 0 Å². The van der Waals surface area contributed by atoms with E-state index in [9.17, 15) is 4.79 Å². The normalized spacial score (nSPS) is 10.7. The fraction of sp³-hybridized carbons (Fsp3) is 0.154. The van der Waals surface area contributed by atoms with E-state index in [1.807, 2.05) is 24.3 Å². The molecule has 0 bridgehead atoms. The van der Waals surface area contributed by atoms with Gasteiger partial charge in [-0.15, -0.1) is 0 Å². The van der Waals surface area contributed by atoms with Crippen molar-refractivity contribution < 1.29 is 9.53 Å². The van der Waals surface area contributed by atoms with E-state index in [2.05, 4.69) is 10.1 Å². The first kappa shape index (κ1) is 12.0. The molecule has 5 nitrogen and oxygen atoms in total. The Kier molecular flexibility index (Phi) is 3.86. The summed E-state index contributed by atoms with van der Waals surface area (Å²) in [5, 5.41) is 4.09. The minimum atomic E-state index is -0.371. The molecular weight excluding hydrogens is 230 g/mol. The molecule has 0 unspecified atom stereocenters. The molecule has 0 aliphatic rings. The van der Waals surface area contributed by atoms with Crippen molar-refractivity contribution in [3.05, 3.63) is 48.4 Å². The Bertz CT molecular complexity index is 547. The molecule has 0 aromatic carbocycles. The van der Waals surface area contributed by atoms with Gasteiger partial charge in [0.15, 0.2) is 5.82 Å². The zero-order valence-corrected chi connectivity index (χ0v) is 9.98.